The van der Waals surface area contributed by atoms with Gasteiger partial charge in [0.15, 0.2) is 11.0 Å². The lowest BCUT2D eigenvalue weighted by atomic mass is 10.1. The van der Waals surface area contributed by atoms with Gasteiger partial charge in [0, 0.05) is 16.4 Å². The number of anilines is 2. The second-order valence-corrected chi connectivity index (χ2v) is 9.53. The molecule has 34 heavy (non-hydrogen) atoms. The van der Waals surface area contributed by atoms with Crippen molar-refractivity contribution >= 4 is 40.6 Å². The van der Waals surface area contributed by atoms with Crippen molar-refractivity contribution in [1.29, 1.82) is 0 Å². The molecule has 0 aliphatic carbocycles. The van der Waals surface area contributed by atoms with Crippen LogP contribution in [0.15, 0.2) is 71.9 Å². The number of benzene rings is 3. The van der Waals surface area contributed by atoms with Crippen molar-refractivity contribution in [2.45, 2.75) is 32.5 Å². The van der Waals surface area contributed by atoms with E-state index in [0.29, 0.717) is 16.7 Å². The van der Waals surface area contributed by atoms with Gasteiger partial charge >= 0.3 is 0 Å². The first-order chi connectivity index (χ1) is 16.4. The molecule has 1 aromatic heterocycles. The number of nitrogens with one attached hydrogen (secondary N) is 2. The SMILES string of the molecule is Cc1ccc(NCc2nnc(SCC(=O)Nc3cc(C)cc(C)c3)n2-c2cccc(Cl)c2)cc1. The van der Waals surface area contributed by atoms with Crippen LogP contribution in [0.1, 0.15) is 22.5 Å². The molecule has 0 radical (unpaired) electrons. The van der Waals surface area contributed by atoms with E-state index >= 15 is 0 Å². The average molecular weight is 492 g/mol. The molecular formula is C26H26ClN5OS. The van der Waals surface area contributed by atoms with Crippen molar-refractivity contribution in [2.24, 2.45) is 0 Å². The number of halogens is 1. The van der Waals surface area contributed by atoms with Crippen molar-refractivity contribution in [3.63, 3.8) is 0 Å². The van der Waals surface area contributed by atoms with E-state index in [2.05, 4.69) is 46.0 Å². The summed E-state index contributed by atoms with van der Waals surface area (Å²) in [5.74, 6) is 0.826. The Hall–Kier alpha value is -3.29. The molecule has 4 rings (SSSR count). The minimum Gasteiger partial charge on any atom is -0.378 e. The zero-order valence-corrected chi connectivity index (χ0v) is 20.9. The second kappa shape index (κ2) is 10.8. The van der Waals surface area contributed by atoms with Crippen molar-refractivity contribution in [1.82, 2.24) is 14.8 Å². The smallest absolute Gasteiger partial charge is 0.234 e. The summed E-state index contributed by atoms with van der Waals surface area (Å²) in [7, 11) is 0. The van der Waals surface area contributed by atoms with Crippen LogP contribution in [0, 0.1) is 20.8 Å². The predicted octanol–water partition coefficient (Wildman–Crippen LogP) is 6.19. The van der Waals surface area contributed by atoms with Crippen LogP contribution in [0.3, 0.4) is 0 Å². The van der Waals surface area contributed by atoms with Gasteiger partial charge in [0.2, 0.25) is 5.91 Å². The lowest BCUT2D eigenvalue weighted by Crippen LogP contribution is -2.15. The van der Waals surface area contributed by atoms with Crippen LogP contribution < -0.4 is 10.6 Å². The number of aryl methyl sites for hydroxylation is 3. The fraction of sp³-hybridized carbons (Fsp3) is 0.192. The summed E-state index contributed by atoms with van der Waals surface area (Å²) in [5.41, 5.74) is 6.04. The third-order valence-electron chi connectivity index (χ3n) is 5.11. The lowest BCUT2D eigenvalue weighted by Gasteiger charge is -2.12. The Morgan fingerprint density at radius 1 is 0.912 bits per heavy atom. The fourth-order valence-electron chi connectivity index (χ4n) is 3.61. The molecule has 174 valence electrons. The van der Waals surface area contributed by atoms with Crippen molar-refractivity contribution in [3.05, 3.63) is 94.3 Å². The second-order valence-electron chi connectivity index (χ2n) is 8.15. The molecular weight excluding hydrogens is 466 g/mol. The van der Waals surface area contributed by atoms with Gasteiger partial charge in [0.25, 0.3) is 0 Å². The van der Waals surface area contributed by atoms with Gasteiger partial charge in [0.05, 0.1) is 18.0 Å². The molecule has 8 heteroatoms. The number of aromatic nitrogens is 3. The first-order valence-electron chi connectivity index (χ1n) is 10.9. The van der Waals surface area contributed by atoms with Crippen LogP contribution in [0.25, 0.3) is 5.69 Å². The minimum absolute atomic E-state index is 0.102. The molecule has 6 nitrogen and oxygen atoms in total. The van der Waals surface area contributed by atoms with E-state index < -0.39 is 0 Å². The molecule has 3 aromatic carbocycles. The molecule has 4 aromatic rings. The van der Waals surface area contributed by atoms with E-state index in [4.69, 9.17) is 11.6 Å². The number of hydrogen-bond donors (Lipinski definition) is 2. The summed E-state index contributed by atoms with van der Waals surface area (Å²) in [6.07, 6.45) is 0. The molecule has 0 atom stereocenters. The van der Waals surface area contributed by atoms with Gasteiger partial charge in [-0.15, -0.1) is 10.2 Å². The largest absolute Gasteiger partial charge is 0.378 e. The Bertz CT molecular complexity index is 1280. The van der Waals surface area contributed by atoms with E-state index in [9.17, 15) is 4.79 Å². The molecule has 0 aliphatic heterocycles. The number of carbonyl (C=O) groups is 1. The summed E-state index contributed by atoms with van der Waals surface area (Å²) in [5, 5.41) is 16.4. The molecule has 0 bridgehead atoms. The summed E-state index contributed by atoms with van der Waals surface area (Å²) in [6.45, 7) is 6.55. The third kappa shape index (κ3) is 6.18. The minimum atomic E-state index is -0.102. The zero-order chi connectivity index (χ0) is 24.1. The Morgan fingerprint density at radius 2 is 1.65 bits per heavy atom. The number of nitrogens with zero attached hydrogens (tertiary/aromatic N) is 3. The number of thioether (sulfide) groups is 1. The number of rotatable bonds is 8. The van der Waals surface area contributed by atoms with E-state index in [-0.39, 0.29) is 11.7 Å². The Kier molecular flexibility index (Phi) is 7.55. The first kappa shape index (κ1) is 23.9. The molecule has 0 saturated heterocycles. The van der Waals surface area contributed by atoms with Gasteiger partial charge in [-0.1, -0.05) is 53.2 Å². The Labute approximate surface area is 208 Å². The standard InChI is InChI=1S/C26H26ClN5OS/c1-17-7-9-21(10-8-17)28-15-24-30-31-26(32(24)23-6-4-5-20(27)14-23)34-16-25(33)29-22-12-18(2)11-19(3)13-22/h4-14,28H,15-16H2,1-3H3,(H,29,33). The highest BCUT2D eigenvalue weighted by Crippen LogP contribution is 2.25. The summed E-state index contributed by atoms with van der Waals surface area (Å²) >= 11 is 7.59. The van der Waals surface area contributed by atoms with Crippen LogP contribution in [-0.2, 0) is 11.3 Å². The quantitative estimate of drug-likeness (QED) is 0.287. The summed E-state index contributed by atoms with van der Waals surface area (Å²) in [6, 6.07) is 21.7. The monoisotopic (exact) mass is 491 g/mol. The molecule has 1 heterocycles. The lowest BCUT2D eigenvalue weighted by molar-refractivity contribution is -0.113. The predicted molar refractivity (Wildman–Crippen MR) is 140 cm³/mol. The van der Waals surface area contributed by atoms with Crippen LogP contribution >= 0.6 is 23.4 Å². The highest BCUT2D eigenvalue weighted by Gasteiger charge is 2.16. The van der Waals surface area contributed by atoms with Crippen LogP contribution in [-0.4, -0.2) is 26.4 Å². The maximum absolute atomic E-state index is 12.6. The average Bonchev–Trinajstić information content (AvgIpc) is 3.19. The Morgan fingerprint density at radius 3 is 2.35 bits per heavy atom. The summed E-state index contributed by atoms with van der Waals surface area (Å²) < 4.78 is 1.93. The van der Waals surface area contributed by atoms with Gasteiger partial charge in [-0.2, -0.15) is 0 Å². The molecule has 2 N–H and O–H groups in total. The number of amides is 1. The maximum atomic E-state index is 12.6. The van der Waals surface area contributed by atoms with Gasteiger partial charge < -0.3 is 10.6 Å². The van der Waals surface area contributed by atoms with E-state index in [1.807, 2.05) is 66.9 Å². The van der Waals surface area contributed by atoms with Gasteiger partial charge in [-0.3, -0.25) is 9.36 Å². The number of carbonyl (C=O) groups excluding carboxylic acids is 1. The van der Waals surface area contributed by atoms with E-state index in [1.165, 1.54) is 17.3 Å². The highest BCUT2D eigenvalue weighted by atomic mass is 35.5. The maximum Gasteiger partial charge on any atom is 0.234 e. The molecule has 0 spiro atoms. The summed E-state index contributed by atoms with van der Waals surface area (Å²) in [4.78, 5) is 12.6. The van der Waals surface area contributed by atoms with E-state index in [1.54, 1.807) is 0 Å². The van der Waals surface area contributed by atoms with Crippen LogP contribution in [0.5, 0.6) is 0 Å². The topological polar surface area (TPSA) is 71.8 Å². The molecule has 1 amide bonds. The molecule has 0 fully saturated rings. The van der Waals surface area contributed by atoms with Crippen molar-refractivity contribution in [2.75, 3.05) is 16.4 Å². The van der Waals surface area contributed by atoms with Crippen molar-refractivity contribution < 1.29 is 4.79 Å². The van der Waals surface area contributed by atoms with Gasteiger partial charge in [-0.05, 0) is 74.4 Å². The molecule has 0 saturated carbocycles. The van der Waals surface area contributed by atoms with Crippen LogP contribution in [0.2, 0.25) is 5.02 Å². The van der Waals surface area contributed by atoms with Gasteiger partial charge in [0.1, 0.15) is 0 Å². The van der Waals surface area contributed by atoms with Crippen molar-refractivity contribution in [3.8, 4) is 5.69 Å². The third-order valence-corrected chi connectivity index (χ3v) is 6.27. The van der Waals surface area contributed by atoms with Crippen LogP contribution in [0.4, 0.5) is 11.4 Å². The number of hydrogen-bond acceptors (Lipinski definition) is 5. The highest BCUT2D eigenvalue weighted by molar-refractivity contribution is 7.99. The van der Waals surface area contributed by atoms with Gasteiger partial charge in [-0.25, -0.2) is 0 Å². The van der Waals surface area contributed by atoms with E-state index in [0.717, 1.165) is 34.0 Å². The fourth-order valence-corrected chi connectivity index (χ4v) is 4.56. The Balaban J connectivity index is 1.51. The normalized spacial score (nSPS) is 10.8. The molecule has 0 aliphatic rings. The zero-order valence-electron chi connectivity index (χ0n) is 19.3. The first-order valence-corrected chi connectivity index (χ1v) is 12.3. The molecule has 0 unspecified atom stereocenters.